The average Bonchev–Trinajstić information content (AvgIpc) is 2.30. The van der Waals surface area contributed by atoms with Crippen LogP contribution in [0.3, 0.4) is 0 Å². The zero-order valence-corrected chi connectivity index (χ0v) is 8.08. The van der Waals surface area contributed by atoms with Crippen LogP contribution >= 0.6 is 11.9 Å². The van der Waals surface area contributed by atoms with Crippen molar-refractivity contribution in [2.45, 2.75) is 38.6 Å². The Labute approximate surface area is 73.0 Å². The molecule has 0 bridgehead atoms. The Bertz CT molecular complexity index is 198. The standard InChI is InChI=1S/C9H15NS/c1-7-8-5-3-4-6-9(8)10(2)11-7/h9H,3-6H2,1-2H3. The van der Waals surface area contributed by atoms with Crippen LogP contribution in [0.25, 0.3) is 0 Å². The van der Waals surface area contributed by atoms with E-state index >= 15 is 0 Å². The van der Waals surface area contributed by atoms with E-state index in [1.807, 2.05) is 11.9 Å². The second-order valence-electron chi connectivity index (χ2n) is 3.48. The summed E-state index contributed by atoms with van der Waals surface area (Å²) in [6.07, 6.45) is 5.58. The molecule has 1 saturated carbocycles. The maximum absolute atomic E-state index is 2.42. The summed E-state index contributed by atoms with van der Waals surface area (Å²) in [5, 5.41) is 0. The quantitative estimate of drug-likeness (QED) is 0.513. The van der Waals surface area contributed by atoms with E-state index in [1.165, 1.54) is 25.7 Å². The summed E-state index contributed by atoms with van der Waals surface area (Å²) in [5.74, 6) is 0. The molecule has 0 aromatic rings. The lowest BCUT2D eigenvalue weighted by Gasteiger charge is -2.25. The summed E-state index contributed by atoms with van der Waals surface area (Å²) in [6, 6.07) is 0.786. The van der Waals surface area contributed by atoms with Gasteiger partial charge in [0.2, 0.25) is 0 Å². The molecular formula is C9H15NS. The number of hydrogen-bond acceptors (Lipinski definition) is 2. The molecule has 0 aromatic heterocycles. The number of rotatable bonds is 0. The molecule has 1 fully saturated rings. The second-order valence-corrected chi connectivity index (χ2v) is 4.85. The minimum absolute atomic E-state index is 0.786. The van der Waals surface area contributed by atoms with Gasteiger partial charge in [0.15, 0.2) is 0 Å². The number of allylic oxidation sites excluding steroid dienone is 1. The van der Waals surface area contributed by atoms with Crippen LogP contribution in [0.5, 0.6) is 0 Å². The second kappa shape index (κ2) is 2.83. The molecular weight excluding hydrogens is 154 g/mol. The van der Waals surface area contributed by atoms with Crippen LogP contribution < -0.4 is 0 Å². The topological polar surface area (TPSA) is 3.24 Å². The average molecular weight is 169 g/mol. The van der Waals surface area contributed by atoms with Crippen molar-refractivity contribution in [1.82, 2.24) is 4.31 Å². The first kappa shape index (κ1) is 7.69. The van der Waals surface area contributed by atoms with Gasteiger partial charge in [0, 0.05) is 6.04 Å². The van der Waals surface area contributed by atoms with Crippen LogP contribution in [0, 0.1) is 0 Å². The lowest BCUT2D eigenvalue weighted by molar-refractivity contribution is 0.387. The first-order chi connectivity index (χ1) is 5.29. The van der Waals surface area contributed by atoms with Crippen molar-refractivity contribution in [2.24, 2.45) is 0 Å². The maximum atomic E-state index is 2.42. The molecule has 0 spiro atoms. The highest BCUT2D eigenvalue weighted by Gasteiger charge is 2.30. The van der Waals surface area contributed by atoms with Gasteiger partial charge < -0.3 is 0 Å². The Hall–Kier alpha value is 0.0500. The normalized spacial score (nSPS) is 32.7. The summed E-state index contributed by atoms with van der Waals surface area (Å²) in [7, 11) is 2.22. The Morgan fingerprint density at radius 3 is 3.00 bits per heavy atom. The molecule has 0 saturated heterocycles. The van der Waals surface area contributed by atoms with Crippen molar-refractivity contribution in [3.63, 3.8) is 0 Å². The SMILES string of the molecule is CC1=C2CCCCC2N(C)S1. The molecule has 1 aliphatic heterocycles. The summed E-state index contributed by atoms with van der Waals surface area (Å²) >= 11 is 1.94. The fraction of sp³-hybridized carbons (Fsp3) is 0.778. The van der Waals surface area contributed by atoms with E-state index in [0.29, 0.717) is 0 Å². The van der Waals surface area contributed by atoms with Crippen molar-refractivity contribution in [2.75, 3.05) is 7.05 Å². The van der Waals surface area contributed by atoms with E-state index in [1.54, 1.807) is 10.5 Å². The molecule has 0 amide bonds. The van der Waals surface area contributed by atoms with Gasteiger partial charge >= 0.3 is 0 Å². The summed E-state index contributed by atoms with van der Waals surface area (Å²) in [4.78, 5) is 1.57. The lowest BCUT2D eigenvalue weighted by atomic mass is 9.90. The van der Waals surface area contributed by atoms with Crippen LogP contribution in [0.15, 0.2) is 10.5 Å². The van der Waals surface area contributed by atoms with E-state index < -0.39 is 0 Å². The van der Waals surface area contributed by atoms with Crippen molar-refractivity contribution in [3.8, 4) is 0 Å². The number of hydrogen-bond donors (Lipinski definition) is 0. The van der Waals surface area contributed by atoms with Gasteiger partial charge in [-0.15, -0.1) is 0 Å². The highest BCUT2D eigenvalue weighted by atomic mass is 32.2. The van der Waals surface area contributed by atoms with Crippen molar-refractivity contribution in [3.05, 3.63) is 10.5 Å². The monoisotopic (exact) mass is 169 g/mol. The van der Waals surface area contributed by atoms with E-state index in [9.17, 15) is 0 Å². The van der Waals surface area contributed by atoms with Crippen molar-refractivity contribution >= 4 is 11.9 Å². The zero-order valence-electron chi connectivity index (χ0n) is 7.26. The smallest absolute Gasteiger partial charge is 0.0422 e. The molecule has 2 heteroatoms. The molecule has 2 rings (SSSR count). The fourth-order valence-corrected chi connectivity index (χ4v) is 3.29. The molecule has 2 aliphatic rings. The highest BCUT2D eigenvalue weighted by molar-refractivity contribution is 8.01. The van der Waals surface area contributed by atoms with Crippen LogP contribution in [-0.4, -0.2) is 17.4 Å². The summed E-state index contributed by atoms with van der Waals surface area (Å²) < 4.78 is 2.42. The van der Waals surface area contributed by atoms with Crippen molar-refractivity contribution in [1.29, 1.82) is 0 Å². The minimum Gasteiger partial charge on any atom is -0.243 e. The molecule has 0 aromatic carbocycles. The van der Waals surface area contributed by atoms with Crippen LogP contribution in [-0.2, 0) is 0 Å². The third-order valence-corrected chi connectivity index (χ3v) is 3.83. The predicted molar refractivity (Wildman–Crippen MR) is 50.3 cm³/mol. The molecule has 1 nitrogen and oxygen atoms in total. The highest BCUT2D eigenvalue weighted by Crippen LogP contribution is 2.42. The van der Waals surface area contributed by atoms with Gasteiger partial charge in [0.25, 0.3) is 0 Å². The molecule has 1 aliphatic carbocycles. The van der Waals surface area contributed by atoms with E-state index in [-0.39, 0.29) is 0 Å². The van der Waals surface area contributed by atoms with Gasteiger partial charge in [-0.25, -0.2) is 4.31 Å². The van der Waals surface area contributed by atoms with Gasteiger partial charge in [-0.05, 0) is 55.7 Å². The van der Waals surface area contributed by atoms with Gasteiger partial charge in [-0.2, -0.15) is 0 Å². The maximum Gasteiger partial charge on any atom is 0.0422 e. The van der Waals surface area contributed by atoms with Crippen LogP contribution in [0.1, 0.15) is 32.6 Å². The first-order valence-electron chi connectivity index (χ1n) is 4.39. The zero-order chi connectivity index (χ0) is 7.84. The molecule has 1 heterocycles. The summed E-state index contributed by atoms with van der Waals surface area (Å²) in [5.41, 5.74) is 1.73. The van der Waals surface area contributed by atoms with Gasteiger partial charge in [0.05, 0.1) is 0 Å². The Balaban J connectivity index is 2.21. The molecule has 11 heavy (non-hydrogen) atoms. The largest absolute Gasteiger partial charge is 0.243 e. The Kier molecular flexibility index (Phi) is 1.98. The number of fused-ring (bicyclic) bond motifs is 1. The van der Waals surface area contributed by atoms with Gasteiger partial charge in [-0.1, -0.05) is 6.42 Å². The first-order valence-corrected chi connectivity index (χ1v) is 5.17. The molecule has 0 radical (unpaired) electrons. The van der Waals surface area contributed by atoms with E-state index in [2.05, 4.69) is 18.3 Å². The Morgan fingerprint density at radius 1 is 1.45 bits per heavy atom. The molecule has 1 unspecified atom stereocenters. The van der Waals surface area contributed by atoms with Gasteiger partial charge in [-0.3, -0.25) is 0 Å². The fourth-order valence-electron chi connectivity index (χ4n) is 2.14. The Morgan fingerprint density at radius 2 is 2.27 bits per heavy atom. The predicted octanol–water partition coefficient (Wildman–Crippen LogP) is 2.80. The molecule has 0 N–H and O–H groups in total. The van der Waals surface area contributed by atoms with E-state index in [4.69, 9.17) is 0 Å². The van der Waals surface area contributed by atoms with Crippen LogP contribution in [0.2, 0.25) is 0 Å². The van der Waals surface area contributed by atoms with E-state index in [0.717, 1.165) is 6.04 Å². The third kappa shape index (κ3) is 1.23. The lowest BCUT2D eigenvalue weighted by Crippen LogP contribution is -2.25. The number of nitrogens with zero attached hydrogens (tertiary/aromatic N) is 1. The van der Waals surface area contributed by atoms with Gasteiger partial charge in [0.1, 0.15) is 0 Å². The van der Waals surface area contributed by atoms with Crippen molar-refractivity contribution < 1.29 is 0 Å². The molecule has 62 valence electrons. The summed E-state index contributed by atoms with van der Waals surface area (Å²) in [6.45, 7) is 2.27. The minimum atomic E-state index is 0.786. The van der Waals surface area contributed by atoms with Crippen LogP contribution in [0.4, 0.5) is 0 Å². The molecule has 1 atom stereocenters. The number of likely N-dealkylation sites (N-methyl/N-ethyl adjacent to an activating group) is 1. The third-order valence-electron chi connectivity index (χ3n) is 2.75.